The van der Waals surface area contributed by atoms with Crippen molar-refractivity contribution in [3.8, 4) is 0 Å². The zero-order valence-electron chi connectivity index (χ0n) is 15.7. The van der Waals surface area contributed by atoms with Gasteiger partial charge < -0.3 is 10.6 Å². The first-order valence-corrected chi connectivity index (χ1v) is 9.42. The molecule has 0 radical (unpaired) electrons. The predicted molar refractivity (Wildman–Crippen MR) is 107 cm³/mol. The number of anilines is 1. The summed E-state index contributed by atoms with van der Waals surface area (Å²) in [6.45, 7) is 1.54. The summed E-state index contributed by atoms with van der Waals surface area (Å²) in [5.41, 5.74) is 1.14. The smallest absolute Gasteiger partial charge is 0.273 e. The summed E-state index contributed by atoms with van der Waals surface area (Å²) < 4.78 is 0. The summed E-state index contributed by atoms with van der Waals surface area (Å²) in [4.78, 5) is 36.0. The molecule has 3 rings (SSSR count). The normalized spacial score (nSPS) is 14.3. The molecule has 1 aliphatic carbocycles. The number of carbonyl (C=O) groups excluding carboxylic acids is 2. The first-order chi connectivity index (χ1) is 13.5. The summed E-state index contributed by atoms with van der Waals surface area (Å²) >= 11 is 0. The highest BCUT2D eigenvalue weighted by molar-refractivity contribution is 6.10. The van der Waals surface area contributed by atoms with Crippen molar-refractivity contribution in [2.45, 2.75) is 45.1 Å². The van der Waals surface area contributed by atoms with Crippen molar-refractivity contribution in [1.29, 1.82) is 0 Å². The predicted octanol–water partition coefficient (Wildman–Crippen LogP) is 4.22. The second-order valence-electron chi connectivity index (χ2n) is 7.01. The van der Waals surface area contributed by atoms with Gasteiger partial charge in [-0.1, -0.05) is 37.5 Å². The van der Waals surface area contributed by atoms with E-state index in [9.17, 15) is 19.7 Å². The van der Waals surface area contributed by atoms with Crippen molar-refractivity contribution in [2.75, 3.05) is 5.32 Å². The highest BCUT2D eigenvalue weighted by Gasteiger charge is 2.21. The molecule has 2 amide bonds. The number of nitro groups is 1. The van der Waals surface area contributed by atoms with Crippen LogP contribution in [0.4, 0.5) is 11.4 Å². The number of nitrogens with zero attached hydrogens (tertiary/aromatic N) is 1. The fourth-order valence-corrected chi connectivity index (χ4v) is 3.56. The lowest BCUT2D eigenvalue weighted by Crippen LogP contribution is -2.36. The number of benzene rings is 2. The second kappa shape index (κ2) is 8.65. The summed E-state index contributed by atoms with van der Waals surface area (Å²) in [5.74, 6) is -0.710. The van der Waals surface area contributed by atoms with Gasteiger partial charge >= 0.3 is 0 Å². The molecule has 2 aromatic rings. The van der Waals surface area contributed by atoms with Crippen LogP contribution in [0.2, 0.25) is 0 Å². The van der Waals surface area contributed by atoms with E-state index in [0.717, 1.165) is 25.7 Å². The van der Waals surface area contributed by atoms with Gasteiger partial charge in [-0.05, 0) is 38.0 Å². The van der Waals surface area contributed by atoms with Gasteiger partial charge in [0, 0.05) is 23.2 Å². The van der Waals surface area contributed by atoms with Gasteiger partial charge in [0.15, 0.2) is 0 Å². The van der Waals surface area contributed by atoms with Crippen LogP contribution in [0.1, 0.15) is 58.4 Å². The van der Waals surface area contributed by atoms with E-state index in [1.807, 2.05) is 0 Å². The molecule has 0 heterocycles. The third-order valence-corrected chi connectivity index (χ3v) is 5.11. The molecule has 0 aliphatic heterocycles. The van der Waals surface area contributed by atoms with E-state index >= 15 is 0 Å². The van der Waals surface area contributed by atoms with Crippen molar-refractivity contribution in [1.82, 2.24) is 5.32 Å². The molecule has 0 bridgehead atoms. The Hall–Kier alpha value is -3.22. The molecule has 1 fully saturated rings. The van der Waals surface area contributed by atoms with E-state index in [1.54, 1.807) is 24.3 Å². The minimum atomic E-state index is -0.516. The molecule has 7 nitrogen and oxygen atoms in total. The van der Waals surface area contributed by atoms with Crippen LogP contribution in [0.5, 0.6) is 0 Å². The third-order valence-electron chi connectivity index (χ3n) is 5.11. The van der Waals surface area contributed by atoms with Crippen LogP contribution in [0.3, 0.4) is 0 Å². The lowest BCUT2D eigenvalue weighted by Gasteiger charge is -2.23. The molecule has 1 aliphatic rings. The van der Waals surface area contributed by atoms with Crippen LogP contribution in [-0.4, -0.2) is 22.8 Å². The van der Waals surface area contributed by atoms with Crippen molar-refractivity contribution in [3.05, 3.63) is 69.3 Å². The van der Waals surface area contributed by atoms with Crippen molar-refractivity contribution in [2.24, 2.45) is 0 Å². The van der Waals surface area contributed by atoms with Crippen LogP contribution in [0.15, 0.2) is 42.5 Å². The van der Waals surface area contributed by atoms with E-state index in [0.29, 0.717) is 11.3 Å². The van der Waals surface area contributed by atoms with Gasteiger partial charge in [0.1, 0.15) is 0 Å². The second-order valence-corrected chi connectivity index (χ2v) is 7.01. The lowest BCUT2D eigenvalue weighted by molar-refractivity contribution is -0.385. The maximum Gasteiger partial charge on any atom is 0.273 e. The number of carbonyl (C=O) groups is 2. The largest absolute Gasteiger partial charge is 0.349 e. The SMILES string of the molecule is Cc1c(C(=O)Nc2ccccc2C(=O)NC2CCCCC2)cccc1[N+](=O)[O-]. The van der Waals surface area contributed by atoms with Gasteiger partial charge in [-0.3, -0.25) is 19.7 Å². The van der Waals surface area contributed by atoms with Gasteiger partial charge in [-0.2, -0.15) is 0 Å². The number of para-hydroxylation sites is 1. The highest BCUT2D eigenvalue weighted by Crippen LogP contribution is 2.24. The van der Waals surface area contributed by atoms with Crippen molar-refractivity contribution < 1.29 is 14.5 Å². The van der Waals surface area contributed by atoms with E-state index in [2.05, 4.69) is 10.6 Å². The van der Waals surface area contributed by atoms with Gasteiger partial charge in [0.05, 0.1) is 16.2 Å². The molecule has 2 aromatic carbocycles. The zero-order valence-corrected chi connectivity index (χ0v) is 15.7. The van der Waals surface area contributed by atoms with Gasteiger partial charge in [-0.25, -0.2) is 0 Å². The fourth-order valence-electron chi connectivity index (χ4n) is 3.56. The quantitative estimate of drug-likeness (QED) is 0.598. The maximum atomic E-state index is 12.7. The molecule has 1 saturated carbocycles. The van der Waals surface area contributed by atoms with Crippen LogP contribution in [0.25, 0.3) is 0 Å². The molecule has 28 heavy (non-hydrogen) atoms. The molecular weight excluding hydrogens is 358 g/mol. The summed E-state index contributed by atoms with van der Waals surface area (Å²) in [6.07, 6.45) is 5.34. The molecule has 0 aromatic heterocycles. The Bertz CT molecular complexity index is 904. The topological polar surface area (TPSA) is 101 Å². The van der Waals surface area contributed by atoms with Gasteiger partial charge in [0.25, 0.3) is 17.5 Å². The summed E-state index contributed by atoms with van der Waals surface area (Å²) in [6, 6.07) is 11.3. The molecule has 7 heteroatoms. The molecule has 0 spiro atoms. The van der Waals surface area contributed by atoms with Gasteiger partial charge in [-0.15, -0.1) is 0 Å². The molecule has 2 N–H and O–H groups in total. The number of rotatable bonds is 5. The van der Waals surface area contributed by atoms with Crippen LogP contribution >= 0.6 is 0 Å². The van der Waals surface area contributed by atoms with Crippen LogP contribution < -0.4 is 10.6 Å². The molecular formula is C21H23N3O4. The minimum absolute atomic E-state index is 0.115. The van der Waals surface area contributed by atoms with Gasteiger partial charge in [0.2, 0.25) is 0 Å². The average Bonchev–Trinajstić information content (AvgIpc) is 2.69. The Morgan fingerprint density at radius 1 is 0.964 bits per heavy atom. The lowest BCUT2D eigenvalue weighted by atomic mass is 9.95. The number of amides is 2. The number of nitro benzene ring substituents is 1. The Kier molecular flexibility index (Phi) is 6.03. The minimum Gasteiger partial charge on any atom is -0.349 e. The maximum absolute atomic E-state index is 12.7. The Balaban J connectivity index is 1.80. The monoisotopic (exact) mass is 381 g/mol. The zero-order chi connectivity index (χ0) is 20.1. The standard InChI is InChI=1S/C21H23N3O4/c1-14-16(11-7-13-19(14)24(27)28)20(25)23-18-12-6-5-10-17(18)21(26)22-15-8-3-2-4-9-15/h5-7,10-13,15H,2-4,8-9H2,1H3,(H,22,26)(H,23,25). The molecule has 0 saturated heterocycles. The van der Waals surface area contributed by atoms with E-state index in [1.165, 1.54) is 31.5 Å². The van der Waals surface area contributed by atoms with Crippen molar-refractivity contribution >= 4 is 23.2 Å². The Labute approximate surface area is 163 Å². The summed E-state index contributed by atoms with van der Waals surface area (Å²) in [7, 11) is 0. The number of hydrogen-bond acceptors (Lipinski definition) is 4. The number of hydrogen-bond donors (Lipinski definition) is 2. The Morgan fingerprint density at radius 3 is 2.36 bits per heavy atom. The molecule has 0 unspecified atom stereocenters. The average molecular weight is 381 g/mol. The third kappa shape index (κ3) is 4.36. The fraction of sp³-hybridized carbons (Fsp3) is 0.333. The summed E-state index contributed by atoms with van der Waals surface area (Å²) in [5, 5.41) is 16.9. The van der Waals surface area contributed by atoms with E-state index in [-0.39, 0.29) is 28.8 Å². The number of nitrogens with one attached hydrogen (secondary N) is 2. The first kappa shape index (κ1) is 19.5. The first-order valence-electron chi connectivity index (χ1n) is 9.42. The Morgan fingerprint density at radius 2 is 1.64 bits per heavy atom. The van der Waals surface area contributed by atoms with E-state index < -0.39 is 10.8 Å². The van der Waals surface area contributed by atoms with Crippen LogP contribution in [0, 0.1) is 17.0 Å². The highest BCUT2D eigenvalue weighted by atomic mass is 16.6. The molecule has 0 atom stereocenters. The van der Waals surface area contributed by atoms with E-state index in [4.69, 9.17) is 0 Å². The molecule has 146 valence electrons. The van der Waals surface area contributed by atoms with Crippen molar-refractivity contribution in [3.63, 3.8) is 0 Å². The van der Waals surface area contributed by atoms with Crippen LogP contribution in [-0.2, 0) is 0 Å².